The molecule has 0 aliphatic carbocycles. The van der Waals surface area contributed by atoms with Crippen LogP contribution in [0, 0.1) is 6.92 Å². The molecule has 2 aromatic carbocycles. The first kappa shape index (κ1) is 20.3. The van der Waals surface area contributed by atoms with Crippen molar-refractivity contribution in [3.63, 3.8) is 0 Å². The number of carbonyl (C=O) groups excluding carboxylic acids is 1. The monoisotopic (exact) mass is 409 g/mol. The lowest BCUT2D eigenvalue weighted by molar-refractivity contribution is 0.0664. The fourth-order valence-electron chi connectivity index (χ4n) is 3.90. The van der Waals surface area contributed by atoms with Crippen molar-refractivity contribution in [1.82, 2.24) is 4.90 Å². The van der Waals surface area contributed by atoms with E-state index in [9.17, 15) is 9.90 Å². The Labute approximate surface area is 175 Å². The van der Waals surface area contributed by atoms with Crippen LogP contribution in [0.2, 0.25) is 0 Å². The number of amides is 1. The number of piperazine rings is 1. The molecule has 1 atom stereocenters. The summed E-state index contributed by atoms with van der Waals surface area (Å²) in [5, 5.41) is 11.2. The molecule has 0 saturated carbocycles. The topological polar surface area (TPSA) is 92.2 Å². The van der Waals surface area contributed by atoms with Crippen LogP contribution in [0.3, 0.4) is 0 Å². The van der Waals surface area contributed by atoms with Crippen LogP contribution in [0.5, 0.6) is 5.75 Å². The Balaban J connectivity index is 1.30. The summed E-state index contributed by atoms with van der Waals surface area (Å²) in [7, 11) is 0. The van der Waals surface area contributed by atoms with E-state index in [0.717, 1.165) is 31.6 Å². The summed E-state index contributed by atoms with van der Waals surface area (Å²) >= 11 is 0. The predicted molar refractivity (Wildman–Crippen MR) is 116 cm³/mol. The quantitative estimate of drug-likeness (QED) is 0.623. The normalized spacial score (nSPS) is 16.0. The Morgan fingerprint density at radius 2 is 1.93 bits per heavy atom. The molecule has 4 rings (SSSR count). The van der Waals surface area contributed by atoms with Crippen molar-refractivity contribution in [2.75, 3.05) is 44.2 Å². The SMILES string of the molecule is Cc1ccccc1N1CCN(CC(O)COc2cccc3cc(C(N)=O)oc23)CC1. The number of nitrogens with two attached hydrogens (primary N) is 1. The molecule has 1 aliphatic rings. The fraction of sp³-hybridized carbons (Fsp3) is 0.348. The molecule has 2 heterocycles. The Morgan fingerprint density at radius 3 is 2.67 bits per heavy atom. The van der Waals surface area contributed by atoms with Crippen molar-refractivity contribution in [2.45, 2.75) is 13.0 Å². The van der Waals surface area contributed by atoms with Gasteiger partial charge in [-0.2, -0.15) is 0 Å². The molecule has 1 saturated heterocycles. The highest BCUT2D eigenvalue weighted by atomic mass is 16.5. The summed E-state index contributed by atoms with van der Waals surface area (Å²) in [4.78, 5) is 16.0. The Morgan fingerprint density at radius 1 is 1.17 bits per heavy atom. The van der Waals surface area contributed by atoms with Crippen LogP contribution >= 0.6 is 0 Å². The highest BCUT2D eigenvalue weighted by molar-refractivity contribution is 5.96. The molecule has 1 aliphatic heterocycles. The molecule has 3 N–H and O–H groups in total. The fourth-order valence-corrected chi connectivity index (χ4v) is 3.90. The molecule has 0 spiro atoms. The van der Waals surface area contributed by atoms with Gasteiger partial charge in [-0.25, -0.2) is 0 Å². The number of carbonyl (C=O) groups is 1. The van der Waals surface area contributed by atoms with Crippen molar-refractivity contribution >= 4 is 22.6 Å². The first-order valence-corrected chi connectivity index (χ1v) is 10.2. The predicted octanol–water partition coefficient (Wildman–Crippen LogP) is 2.40. The molecule has 1 aromatic heterocycles. The van der Waals surface area contributed by atoms with Crippen LogP contribution in [0.15, 0.2) is 52.9 Å². The Kier molecular flexibility index (Phi) is 5.92. The van der Waals surface area contributed by atoms with Gasteiger partial charge >= 0.3 is 0 Å². The van der Waals surface area contributed by atoms with E-state index in [1.807, 2.05) is 12.1 Å². The van der Waals surface area contributed by atoms with Gasteiger partial charge in [0.1, 0.15) is 12.7 Å². The molecule has 158 valence electrons. The third-order valence-corrected chi connectivity index (χ3v) is 5.48. The number of nitrogens with zero attached hydrogens (tertiary/aromatic N) is 2. The van der Waals surface area contributed by atoms with E-state index in [1.165, 1.54) is 11.3 Å². The van der Waals surface area contributed by atoms with Gasteiger partial charge in [0.2, 0.25) is 0 Å². The second kappa shape index (κ2) is 8.77. The average Bonchev–Trinajstić information content (AvgIpc) is 3.19. The smallest absolute Gasteiger partial charge is 0.284 e. The van der Waals surface area contributed by atoms with Gasteiger partial charge in [0.25, 0.3) is 5.91 Å². The molecule has 1 fully saturated rings. The van der Waals surface area contributed by atoms with E-state index < -0.39 is 12.0 Å². The number of anilines is 1. The van der Waals surface area contributed by atoms with Gasteiger partial charge in [0, 0.05) is 43.8 Å². The number of aliphatic hydroxyl groups is 1. The molecule has 1 unspecified atom stereocenters. The van der Waals surface area contributed by atoms with Gasteiger partial charge in [-0.15, -0.1) is 0 Å². The van der Waals surface area contributed by atoms with Crippen LogP contribution < -0.4 is 15.4 Å². The summed E-state index contributed by atoms with van der Waals surface area (Å²) in [6.45, 7) is 6.46. The van der Waals surface area contributed by atoms with E-state index in [2.05, 4.69) is 41.0 Å². The van der Waals surface area contributed by atoms with E-state index in [0.29, 0.717) is 17.9 Å². The van der Waals surface area contributed by atoms with Crippen LogP contribution in [0.1, 0.15) is 16.1 Å². The van der Waals surface area contributed by atoms with Crippen molar-refractivity contribution < 1.29 is 19.1 Å². The number of furan rings is 1. The number of para-hydroxylation sites is 2. The van der Waals surface area contributed by atoms with Crippen LogP contribution in [-0.4, -0.2) is 61.3 Å². The lowest BCUT2D eigenvalue weighted by atomic mass is 10.1. The molecule has 7 heteroatoms. The molecule has 30 heavy (non-hydrogen) atoms. The van der Waals surface area contributed by atoms with Gasteiger partial charge in [0.05, 0.1) is 0 Å². The number of rotatable bonds is 7. The van der Waals surface area contributed by atoms with Crippen molar-refractivity contribution in [3.8, 4) is 5.75 Å². The number of hydrogen-bond acceptors (Lipinski definition) is 6. The molecular formula is C23H27N3O4. The summed E-state index contributed by atoms with van der Waals surface area (Å²) in [6.07, 6.45) is -0.629. The number of primary amides is 1. The maximum Gasteiger partial charge on any atom is 0.284 e. The lowest BCUT2D eigenvalue weighted by Crippen LogP contribution is -2.49. The highest BCUT2D eigenvalue weighted by Gasteiger charge is 2.21. The van der Waals surface area contributed by atoms with Crippen LogP contribution in [-0.2, 0) is 0 Å². The minimum absolute atomic E-state index is 0.0909. The number of ether oxygens (including phenoxy) is 1. The standard InChI is InChI=1S/C23H27N3O4/c1-16-5-2-3-7-19(16)26-11-9-25(10-12-26)14-18(27)15-29-20-8-4-6-17-13-21(23(24)28)30-22(17)20/h2-8,13,18,27H,9-12,14-15H2,1H3,(H2,24,28). The molecule has 7 nitrogen and oxygen atoms in total. The summed E-state index contributed by atoms with van der Waals surface area (Å²) in [6, 6.07) is 15.4. The maximum absolute atomic E-state index is 11.3. The first-order chi connectivity index (χ1) is 14.5. The minimum atomic E-state index is -0.629. The number of fused-ring (bicyclic) bond motifs is 1. The Hall–Kier alpha value is -3.03. The summed E-state index contributed by atoms with van der Waals surface area (Å²) < 4.78 is 11.3. The summed E-state index contributed by atoms with van der Waals surface area (Å²) in [5.41, 5.74) is 8.31. The molecule has 0 bridgehead atoms. The number of benzene rings is 2. The minimum Gasteiger partial charge on any atom is -0.487 e. The van der Waals surface area contributed by atoms with Crippen molar-refractivity contribution in [1.29, 1.82) is 0 Å². The molecular weight excluding hydrogens is 382 g/mol. The van der Waals surface area contributed by atoms with E-state index >= 15 is 0 Å². The van der Waals surface area contributed by atoms with Crippen LogP contribution in [0.25, 0.3) is 11.0 Å². The Bertz CT molecular complexity index is 1020. The van der Waals surface area contributed by atoms with Gasteiger partial charge in [-0.1, -0.05) is 30.3 Å². The van der Waals surface area contributed by atoms with Crippen molar-refractivity contribution in [2.24, 2.45) is 5.73 Å². The molecule has 1 amide bonds. The number of aliphatic hydroxyl groups excluding tert-OH is 1. The van der Waals surface area contributed by atoms with Gasteiger partial charge in [-0.05, 0) is 30.7 Å². The third-order valence-electron chi connectivity index (χ3n) is 5.48. The maximum atomic E-state index is 11.3. The van der Waals surface area contributed by atoms with Gasteiger partial charge in [-0.3, -0.25) is 9.69 Å². The zero-order valence-electron chi connectivity index (χ0n) is 17.1. The number of hydrogen-bond donors (Lipinski definition) is 2. The largest absolute Gasteiger partial charge is 0.487 e. The van der Waals surface area contributed by atoms with E-state index in [-0.39, 0.29) is 12.4 Å². The lowest BCUT2D eigenvalue weighted by Gasteiger charge is -2.37. The summed E-state index contributed by atoms with van der Waals surface area (Å²) in [5.74, 6) is -0.0430. The number of β-amino-alcohol motifs (C(OH)–C–C–N with tert-alkyl or cyclic N) is 1. The number of aryl methyl sites for hydroxylation is 1. The first-order valence-electron chi connectivity index (χ1n) is 10.2. The van der Waals surface area contributed by atoms with Crippen molar-refractivity contribution in [3.05, 3.63) is 59.9 Å². The second-order valence-corrected chi connectivity index (χ2v) is 7.69. The van der Waals surface area contributed by atoms with E-state index in [4.69, 9.17) is 14.9 Å². The van der Waals surface area contributed by atoms with Crippen LogP contribution in [0.4, 0.5) is 5.69 Å². The third kappa shape index (κ3) is 4.42. The molecule has 3 aromatic rings. The van der Waals surface area contributed by atoms with Gasteiger partial charge < -0.3 is 24.9 Å². The van der Waals surface area contributed by atoms with Gasteiger partial charge in [0.15, 0.2) is 17.1 Å². The van der Waals surface area contributed by atoms with E-state index in [1.54, 1.807) is 12.1 Å². The zero-order valence-corrected chi connectivity index (χ0v) is 17.1. The average molecular weight is 409 g/mol. The molecule has 0 radical (unpaired) electrons. The second-order valence-electron chi connectivity index (χ2n) is 7.69. The zero-order chi connectivity index (χ0) is 21.1. The highest BCUT2D eigenvalue weighted by Crippen LogP contribution is 2.29.